The van der Waals surface area contributed by atoms with E-state index in [1.165, 1.54) is 11.3 Å². The molecular formula is C30H32F2N6O4S2. The smallest absolute Gasteiger partial charge is 0.224 e. The molecular weight excluding hydrogens is 610 g/mol. The van der Waals surface area contributed by atoms with Crippen molar-refractivity contribution in [2.45, 2.75) is 68.1 Å². The molecule has 10 nitrogen and oxygen atoms in total. The monoisotopic (exact) mass is 642 g/mol. The summed E-state index contributed by atoms with van der Waals surface area (Å²) >= 11 is 1.50. The molecule has 4 aromatic rings. The van der Waals surface area contributed by atoms with Gasteiger partial charge in [-0.3, -0.25) is 4.98 Å². The first-order chi connectivity index (χ1) is 21.1. The van der Waals surface area contributed by atoms with Crippen LogP contribution >= 0.6 is 11.3 Å². The largest absolute Gasteiger partial charge is 0.390 e. The van der Waals surface area contributed by atoms with E-state index in [-0.39, 0.29) is 6.42 Å². The van der Waals surface area contributed by atoms with Crippen molar-refractivity contribution in [1.29, 1.82) is 0 Å². The molecule has 3 aliphatic carbocycles. The number of thiazole rings is 1. The molecule has 0 radical (unpaired) electrons. The molecule has 14 heteroatoms. The van der Waals surface area contributed by atoms with E-state index in [0.29, 0.717) is 45.9 Å². The van der Waals surface area contributed by atoms with Gasteiger partial charge in [-0.2, -0.15) is 4.98 Å². The summed E-state index contributed by atoms with van der Waals surface area (Å²) in [7, 11) is -4.17. The Morgan fingerprint density at radius 3 is 2.48 bits per heavy atom. The number of benzene rings is 1. The van der Waals surface area contributed by atoms with E-state index in [0.717, 1.165) is 60.3 Å². The van der Waals surface area contributed by atoms with Crippen LogP contribution in [0.3, 0.4) is 0 Å². The number of anilines is 2. The maximum absolute atomic E-state index is 13.8. The molecule has 3 fully saturated rings. The number of hydrogen-bond donors (Lipinski definition) is 4. The topological polar surface area (TPSA) is 150 Å². The van der Waals surface area contributed by atoms with Crippen LogP contribution in [-0.2, 0) is 9.84 Å². The van der Waals surface area contributed by atoms with Gasteiger partial charge < -0.3 is 20.8 Å². The van der Waals surface area contributed by atoms with Crippen LogP contribution in [0.25, 0.3) is 20.8 Å². The van der Waals surface area contributed by atoms with Crippen molar-refractivity contribution in [3.8, 4) is 10.6 Å². The highest BCUT2D eigenvalue weighted by Crippen LogP contribution is 2.45. The summed E-state index contributed by atoms with van der Waals surface area (Å²) in [5.74, 6) is -1.70. The molecule has 3 aromatic heterocycles. The van der Waals surface area contributed by atoms with Crippen molar-refractivity contribution in [2.24, 2.45) is 11.8 Å². The lowest BCUT2D eigenvalue weighted by Crippen LogP contribution is -2.36. The Kier molecular flexibility index (Phi) is 7.50. The molecule has 0 unspecified atom stereocenters. The summed E-state index contributed by atoms with van der Waals surface area (Å²) in [6, 6.07) is 3.26. The number of aliphatic hydroxyl groups excluding tert-OH is 2. The van der Waals surface area contributed by atoms with Gasteiger partial charge in [0, 0.05) is 30.6 Å². The number of sulfone groups is 1. The van der Waals surface area contributed by atoms with E-state index in [1.807, 2.05) is 13.0 Å². The highest BCUT2D eigenvalue weighted by molar-refractivity contribution is 7.91. The number of nitrogens with one attached hydrogen (secondary N) is 2. The van der Waals surface area contributed by atoms with E-state index in [9.17, 15) is 27.4 Å². The minimum absolute atomic E-state index is 0.0717. The average molecular weight is 643 g/mol. The average Bonchev–Trinajstić information content (AvgIpc) is 3.90. The third kappa shape index (κ3) is 5.87. The van der Waals surface area contributed by atoms with Crippen molar-refractivity contribution >= 4 is 43.2 Å². The second kappa shape index (κ2) is 11.2. The van der Waals surface area contributed by atoms with Crippen LogP contribution < -0.4 is 10.6 Å². The Morgan fingerprint density at radius 2 is 1.77 bits per heavy atom. The molecule has 0 amide bonds. The molecule has 1 aromatic carbocycles. The third-order valence-electron chi connectivity index (χ3n) is 8.60. The quantitative estimate of drug-likeness (QED) is 0.196. The Hall–Kier alpha value is -3.33. The van der Waals surface area contributed by atoms with Gasteiger partial charge in [0.15, 0.2) is 9.84 Å². The van der Waals surface area contributed by atoms with Gasteiger partial charge in [-0.15, -0.1) is 11.3 Å². The molecule has 0 bridgehead atoms. The highest BCUT2D eigenvalue weighted by Gasteiger charge is 2.44. The van der Waals surface area contributed by atoms with Crippen LogP contribution in [-0.4, -0.2) is 69.1 Å². The zero-order chi connectivity index (χ0) is 30.7. The zero-order valence-corrected chi connectivity index (χ0v) is 25.5. The SMILES string of the molecule is Cc1nc(NCC2CC2)nc(N[C@@H]2C[C@H](CS(=O)(=O)c3cc(F)cc(F)c3)[C@@H](O)[C@H]2O)c1-c1nc2c(C3CC3)nccc2s1. The lowest BCUT2D eigenvalue weighted by molar-refractivity contribution is 0.0216. The first-order valence-electron chi connectivity index (χ1n) is 14.8. The molecule has 3 aliphatic rings. The molecule has 3 heterocycles. The number of aliphatic hydroxyl groups is 2. The number of aryl methyl sites for hydroxylation is 1. The molecule has 232 valence electrons. The summed E-state index contributed by atoms with van der Waals surface area (Å²) in [4.78, 5) is 18.5. The predicted molar refractivity (Wildman–Crippen MR) is 162 cm³/mol. The van der Waals surface area contributed by atoms with E-state index in [1.54, 1.807) is 6.20 Å². The minimum atomic E-state index is -4.17. The van der Waals surface area contributed by atoms with Crippen LogP contribution in [0.4, 0.5) is 20.5 Å². The summed E-state index contributed by atoms with van der Waals surface area (Å²) < 4.78 is 54.6. The third-order valence-corrected chi connectivity index (χ3v) is 11.5. The fourth-order valence-corrected chi connectivity index (χ4v) is 8.64. The first-order valence-corrected chi connectivity index (χ1v) is 17.2. The summed E-state index contributed by atoms with van der Waals surface area (Å²) in [6.45, 7) is 2.60. The molecule has 44 heavy (non-hydrogen) atoms. The van der Waals surface area contributed by atoms with Crippen LogP contribution in [0.1, 0.15) is 49.4 Å². The lowest BCUT2D eigenvalue weighted by Gasteiger charge is -2.21. The van der Waals surface area contributed by atoms with Crippen LogP contribution in [0.5, 0.6) is 0 Å². The molecule has 4 atom stereocenters. The fraction of sp³-hybridized carbons (Fsp3) is 0.467. The van der Waals surface area contributed by atoms with E-state index in [2.05, 4.69) is 15.6 Å². The van der Waals surface area contributed by atoms with Gasteiger partial charge in [-0.05, 0) is 63.1 Å². The van der Waals surface area contributed by atoms with Gasteiger partial charge >= 0.3 is 0 Å². The normalized spacial score (nSPS) is 23.8. The van der Waals surface area contributed by atoms with Gasteiger partial charge in [-0.25, -0.2) is 27.2 Å². The standard InChI is InChI=1S/C30H32F2N6O4S2/c1-14-23(29-37-25-22(43-29)6-7-33-24(25)16-4-5-16)28(38-30(35-14)34-12-15-2-3-15)36-21-8-17(26(39)27(21)40)13-44(41,42)20-10-18(31)9-19(32)11-20/h6-7,9-11,15-17,21,26-27,39-40H,2-5,8,12-13H2,1H3,(H2,34,35,36,38)/t17-,21-,26-,27+/m1/s1. The molecule has 7 rings (SSSR count). The second-order valence-electron chi connectivity index (χ2n) is 12.1. The van der Waals surface area contributed by atoms with Crippen molar-refractivity contribution in [3.05, 3.63) is 53.5 Å². The van der Waals surface area contributed by atoms with Gasteiger partial charge in [0.1, 0.15) is 34.1 Å². The Labute approximate surface area is 256 Å². The molecule has 0 spiro atoms. The first kappa shape index (κ1) is 29.4. The lowest BCUT2D eigenvalue weighted by atomic mass is 10.1. The molecule has 0 saturated heterocycles. The van der Waals surface area contributed by atoms with Gasteiger partial charge in [0.25, 0.3) is 0 Å². The highest BCUT2D eigenvalue weighted by atomic mass is 32.2. The van der Waals surface area contributed by atoms with Gasteiger partial charge in [0.05, 0.1) is 44.4 Å². The van der Waals surface area contributed by atoms with Gasteiger partial charge in [-0.1, -0.05) is 0 Å². The molecule has 3 saturated carbocycles. The number of halogens is 2. The summed E-state index contributed by atoms with van der Waals surface area (Å²) in [6.07, 6.45) is 3.62. The van der Waals surface area contributed by atoms with Crippen LogP contribution in [0.2, 0.25) is 0 Å². The van der Waals surface area contributed by atoms with Crippen molar-refractivity contribution in [3.63, 3.8) is 0 Å². The Bertz CT molecular complexity index is 1830. The fourth-order valence-electron chi connectivity index (χ4n) is 5.90. The van der Waals surface area contributed by atoms with Crippen LogP contribution in [0.15, 0.2) is 35.4 Å². The second-order valence-corrected chi connectivity index (χ2v) is 15.2. The number of aromatic nitrogens is 4. The molecule has 4 N–H and O–H groups in total. The predicted octanol–water partition coefficient (Wildman–Crippen LogP) is 4.43. The van der Waals surface area contributed by atoms with E-state index >= 15 is 0 Å². The van der Waals surface area contributed by atoms with Crippen LogP contribution in [0, 0.1) is 30.4 Å². The number of fused-ring (bicyclic) bond motifs is 1. The van der Waals surface area contributed by atoms with Crippen molar-refractivity contribution in [2.75, 3.05) is 22.9 Å². The van der Waals surface area contributed by atoms with Gasteiger partial charge in [0.2, 0.25) is 5.95 Å². The molecule has 0 aliphatic heterocycles. The number of rotatable bonds is 10. The van der Waals surface area contributed by atoms with Crippen molar-refractivity contribution < 1.29 is 27.4 Å². The van der Waals surface area contributed by atoms with E-state index in [4.69, 9.17) is 15.0 Å². The number of nitrogens with zero attached hydrogens (tertiary/aromatic N) is 4. The van der Waals surface area contributed by atoms with E-state index < -0.39 is 56.3 Å². The van der Waals surface area contributed by atoms with Crippen molar-refractivity contribution in [1.82, 2.24) is 19.9 Å². The number of pyridine rings is 1. The summed E-state index contributed by atoms with van der Waals surface area (Å²) in [5.41, 5.74) is 3.16. The summed E-state index contributed by atoms with van der Waals surface area (Å²) in [5, 5.41) is 29.2. The maximum Gasteiger partial charge on any atom is 0.224 e. The zero-order valence-electron chi connectivity index (χ0n) is 23.9. The number of hydrogen-bond acceptors (Lipinski definition) is 11. The minimum Gasteiger partial charge on any atom is -0.390 e. The maximum atomic E-state index is 13.8. The Morgan fingerprint density at radius 1 is 1.02 bits per heavy atom. The Balaban J connectivity index is 1.20.